The molecular weight excluding hydrogens is 473 g/mol. The van der Waals surface area contributed by atoms with Gasteiger partial charge in [0.2, 0.25) is 17.7 Å². The molecule has 4 aliphatic rings. The largest absolute Gasteiger partial charge is 0.324 e. The molecule has 0 radical (unpaired) electrons. The van der Waals surface area contributed by atoms with Gasteiger partial charge in [0, 0.05) is 21.7 Å². The number of hydrogen-bond donors (Lipinski definition) is 1. The molecule has 4 aliphatic heterocycles. The van der Waals surface area contributed by atoms with Crippen molar-refractivity contribution in [2.24, 2.45) is 11.8 Å². The van der Waals surface area contributed by atoms with Crippen LogP contribution in [0.5, 0.6) is 0 Å². The maximum absolute atomic E-state index is 13.9. The molecule has 1 N–H and O–H groups in total. The molecule has 3 fully saturated rings. The predicted octanol–water partition coefficient (Wildman–Crippen LogP) is 4.39. The minimum Gasteiger partial charge on any atom is -0.324 e. The SMILES string of the molecule is Cc1c(Cl)ccc2c1NC(=O)[C@]21[C@@H]2C(=O)N(c3ccc(Cl)cc3Cl)C(=O)[C@@H]2[C@@H]2CCCN21. The maximum atomic E-state index is 13.9. The van der Waals surface area contributed by atoms with E-state index < -0.39 is 23.3 Å². The molecule has 6 nitrogen and oxygen atoms in total. The van der Waals surface area contributed by atoms with Gasteiger partial charge in [-0.2, -0.15) is 0 Å². The highest BCUT2D eigenvalue weighted by Gasteiger charge is 2.74. The smallest absolute Gasteiger partial charge is 0.250 e. The van der Waals surface area contributed by atoms with E-state index in [4.69, 9.17) is 34.8 Å². The number of benzene rings is 2. The van der Waals surface area contributed by atoms with Gasteiger partial charge in [0.1, 0.15) is 5.54 Å². The van der Waals surface area contributed by atoms with Crippen molar-refractivity contribution >= 4 is 63.9 Å². The third kappa shape index (κ3) is 2.29. The highest BCUT2D eigenvalue weighted by Crippen LogP contribution is 2.61. The fourth-order valence-corrected chi connectivity index (χ4v) is 6.94. The number of hydrogen-bond acceptors (Lipinski definition) is 4. The first kappa shape index (κ1) is 20.5. The van der Waals surface area contributed by atoms with E-state index in [1.165, 1.54) is 6.07 Å². The number of nitrogens with one attached hydrogen (secondary N) is 1. The first-order valence-electron chi connectivity index (χ1n) is 10.5. The van der Waals surface area contributed by atoms with Crippen LogP contribution in [0.25, 0.3) is 0 Å². The van der Waals surface area contributed by atoms with E-state index >= 15 is 0 Å². The van der Waals surface area contributed by atoms with Gasteiger partial charge in [-0.1, -0.05) is 40.9 Å². The molecule has 164 valence electrons. The van der Waals surface area contributed by atoms with Crippen molar-refractivity contribution in [3.63, 3.8) is 0 Å². The van der Waals surface area contributed by atoms with Crippen LogP contribution in [0.3, 0.4) is 0 Å². The summed E-state index contributed by atoms with van der Waals surface area (Å²) < 4.78 is 0. The number of halogens is 3. The summed E-state index contributed by atoms with van der Waals surface area (Å²) in [5.74, 6) is -2.46. The van der Waals surface area contributed by atoms with Crippen LogP contribution in [0.2, 0.25) is 15.1 Å². The molecule has 3 amide bonds. The summed E-state index contributed by atoms with van der Waals surface area (Å²) >= 11 is 18.7. The van der Waals surface area contributed by atoms with E-state index in [-0.39, 0.29) is 22.9 Å². The summed E-state index contributed by atoms with van der Waals surface area (Å²) in [6.07, 6.45) is 1.60. The van der Waals surface area contributed by atoms with E-state index in [0.29, 0.717) is 33.5 Å². The molecule has 9 heteroatoms. The van der Waals surface area contributed by atoms with Crippen molar-refractivity contribution in [1.29, 1.82) is 0 Å². The standard InChI is InChI=1S/C23H18Cl3N3O3/c1-10-13(25)6-5-12-19(10)27-22(32)23(12)18-17(16-3-2-8-28(16)23)20(30)29(21(18)31)15-7-4-11(24)9-14(15)26/h4-7,9,16-18H,2-3,8H2,1H3,(H,27,32)/t16-,17+,18-,23+/m0/s1. The average Bonchev–Trinajstić information content (AvgIpc) is 3.45. The molecule has 1 spiro atoms. The molecule has 0 aliphatic carbocycles. The molecule has 0 saturated carbocycles. The van der Waals surface area contributed by atoms with E-state index in [2.05, 4.69) is 10.2 Å². The third-order valence-electron chi connectivity index (χ3n) is 7.51. The van der Waals surface area contributed by atoms with Crippen molar-refractivity contribution in [2.45, 2.75) is 31.3 Å². The zero-order chi connectivity index (χ0) is 22.5. The molecule has 0 bridgehead atoms. The summed E-state index contributed by atoms with van der Waals surface area (Å²) in [4.78, 5) is 44.5. The number of anilines is 2. The fourth-order valence-electron chi connectivity index (χ4n) is 6.29. The second-order valence-electron chi connectivity index (χ2n) is 8.83. The van der Waals surface area contributed by atoms with Crippen LogP contribution in [0.15, 0.2) is 30.3 Å². The first-order valence-corrected chi connectivity index (χ1v) is 11.6. The first-order chi connectivity index (χ1) is 15.3. The van der Waals surface area contributed by atoms with Crippen LogP contribution in [0.4, 0.5) is 11.4 Å². The minimum atomic E-state index is -1.24. The van der Waals surface area contributed by atoms with E-state index in [1.54, 1.807) is 18.2 Å². The average molecular weight is 491 g/mol. The second-order valence-corrected chi connectivity index (χ2v) is 10.1. The lowest BCUT2D eigenvalue weighted by Crippen LogP contribution is -2.54. The Labute approximate surface area is 199 Å². The molecule has 4 atom stereocenters. The maximum Gasteiger partial charge on any atom is 0.250 e. The molecular formula is C23H18Cl3N3O3. The Hall–Kier alpha value is -2.12. The Bertz CT molecular complexity index is 1250. The van der Waals surface area contributed by atoms with Crippen LogP contribution in [-0.4, -0.2) is 35.2 Å². The molecule has 3 saturated heterocycles. The summed E-state index contributed by atoms with van der Waals surface area (Å²) in [6.45, 7) is 2.49. The Morgan fingerprint density at radius 3 is 2.56 bits per heavy atom. The number of carbonyl (C=O) groups is 3. The summed E-state index contributed by atoms with van der Waals surface area (Å²) in [5, 5.41) is 4.15. The van der Waals surface area contributed by atoms with Gasteiger partial charge < -0.3 is 5.32 Å². The zero-order valence-corrected chi connectivity index (χ0v) is 19.3. The second kappa shape index (κ2) is 6.70. The van der Waals surface area contributed by atoms with E-state index in [9.17, 15) is 14.4 Å². The lowest BCUT2D eigenvalue weighted by molar-refractivity contribution is -0.135. The Balaban J connectivity index is 1.57. The van der Waals surface area contributed by atoms with Gasteiger partial charge in [0.05, 0.1) is 28.2 Å². The molecule has 2 aromatic carbocycles. The van der Waals surface area contributed by atoms with Gasteiger partial charge >= 0.3 is 0 Å². The van der Waals surface area contributed by atoms with Gasteiger partial charge in [-0.3, -0.25) is 19.3 Å². The van der Waals surface area contributed by atoms with Crippen molar-refractivity contribution in [2.75, 3.05) is 16.8 Å². The van der Waals surface area contributed by atoms with Crippen LogP contribution < -0.4 is 10.2 Å². The third-order valence-corrected chi connectivity index (χ3v) is 8.46. The van der Waals surface area contributed by atoms with Crippen LogP contribution in [-0.2, 0) is 19.9 Å². The number of rotatable bonds is 1. The van der Waals surface area contributed by atoms with Crippen LogP contribution in [0.1, 0.15) is 24.0 Å². The molecule has 6 rings (SSSR count). The quantitative estimate of drug-likeness (QED) is 0.602. The molecule has 0 aromatic heterocycles. The van der Waals surface area contributed by atoms with Crippen molar-refractivity contribution in [1.82, 2.24) is 4.90 Å². The lowest BCUT2D eigenvalue weighted by atomic mass is 9.75. The molecule has 0 unspecified atom stereocenters. The van der Waals surface area contributed by atoms with Crippen LogP contribution in [0, 0.1) is 18.8 Å². The van der Waals surface area contributed by atoms with Crippen molar-refractivity contribution in [3.05, 3.63) is 56.5 Å². The topological polar surface area (TPSA) is 69.7 Å². The fraction of sp³-hybridized carbons (Fsp3) is 0.348. The van der Waals surface area contributed by atoms with Gasteiger partial charge in [0.25, 0.3) is 0 Å². The number of fused-ring (bicyclic) bond motifs is 7. The highest BCUT2D eigenvalue weighted by atomic mass is 35.5. The van der Waals surface area contributed by atoms with Gasteiger partial charge in [-0.25, -0.2) is 4.90 Å². The monoisotopic (exact) mass is 489 g/mol. The minimum absolute atomic E-state index is 0.194. The molecule has 2 aromatic rings. The predicted molar refractivity (Wildman–Crippen MR) is 122 cm³/mol. The van der Waals surface area contributed by atoms with Gasteiger partial charge in [-0.05, 0) is 56.1 Å². The number of nitrogens with zero attached hydrogens (tertiary/aromatic N) is 2. The summed E-state index contributed by atoms with van der Waals surface area (Å²) in [6, 6.07) is 8.06. The molecule has 4 heterocycles. The Morgan fingerprint density at radius 1 is 1.03 bits per heavy atom. The Kier molecular flexibility index (Phi) is 4.29. The number of imide groups is 1. The van der Waals surface area contributed by atoms with Gasteiger partial charge in [0.15, 0.2) is 0 Å². The molecule has 32 heavy (non-hydrogen) atoms. The van der Waals surface area contributed by atoms with E-state index in [1.807, 2.05) is 13.0 Å². The van der Waals surface area contributed by atoms with Crippen molar-refractivity contribution in [3.8, 4) is 0 Å². The van der Waals surface area contributed by atoms with E-state index in [0.717, 1.165) is 23.3 Å². The van der Waals surface area contributed by atoms with Crippen LogP contribution >= 0.6 is 34.8 Å². The van der Waals surface area contributed by atoms with Crippen molar-refractivity contribution < 1.29 is 14.4 Å². The highest BCUT2D eigenvalue weighted by molar-refractivity contribution is 6.38. The zero-order valence-electron chi connectivity index (χ0n) is 17.0. The summed E-state index contributed by atoms with van der Waals surface area (Å²) in [5.41, 5.74) is 1.16. The number of amides is 3. The Morgan fingerprint density at radius 2 is 1.81 bits per heavy atom. The van der Waals surface area contributed by atoms with Gasteiger partial charge in [-0.15, -0.1) is 0 Å². The number of carbonyl (C=O) groups excluding carboxylic acids is 3. The normalized spacial score (nSPS) is 30.8. The lowest BCUT2D eigenvalue weighted by Gasteiger charge is -2.36. The summed E-state index contributed by atoms with van der Waals surface area (Å²) in [7, 11) is 0.